The van der Waals surface area contributed by atoms with E-state index in [2.05, 4.69) is 9.97 Å². The molecule has 0 radical (unpaired) electrons. The number of imidazole rings is 2. The van der Waals surface area contributed by atoms with Crippen LogP contribution < -0.4 is 5.73 Å². The van der Waals surface area contributed by atoms with Crippen LogP contribution in [0.4, 0.5) is 19.4 Å². The standard InChI is InChI=1S/C24H24F2N6O3/c1-14-3-4-32-19(10-16-11-30(5-6-35-16)24(33)34-2)23(29-21(32)7-14)22-17(25)8-15(9-18(22)26)31-12-20(27)28-13-31/h3-4,7-9,12-13,16H,5-6,10-11,27H2,1-2H3/t16-/m0/s1. The molecule has 1 aliphatic rings. The largest absolute Gasteiger partial charge is 0.453 e. The highest BCUT2D eigenvalue weighted by molar-refractivity contribution is 5.70. The fraction of sp³-hybridized carbons (Fsp3) is 0.292. The van der Waals surface area contributed by atoms with Gasteiger partial charge in [-0.25, -0.2) is 23.5 Å². The van der Waals surface area contributed by atoms with Crippen LogP contribution in [0.15, 0.2) is 43.0 Å². The number of morpholine rings is 1. The molecule has 1 aliphatic heterocycles. The highest BCUT2D eigenvalue weighted by Crippen LogP contribution is 2.33. The quantitative estimate of drug-likeness (QED) is 0.479. The summed E-state index contributed by atoms with van der Waals surface area (Å²) in [7, 11) is 1.32. The number of pyridine rings is 1. The van der Waals surface area contributed by atoms with Crippen LogP contribution in [0.2, 0.25) is 0 Å². The lowest BCUT2D eigenvalue weighted by Gasteiger charge is -2.32. The number of anilines is 1. The van der Waals surface area contributed by atoms with Crippen LogP contribution in [0.5, 0.6) is 0 Å². The number of hydrogen-bond donors (Lipinski definition) is 1. The van der Waals surface area contributed by atoms with Crippen molar-refractivity contribution in [2.75, 3.05) is 32.5 Å². The van der Waals surface area contributed by atoms with E-state index in [1.807, 2.05) is 25.3 Å². The number of methoxy groups -OCH3 is 1. The summed E-state index contributed by atoms with van der Waals surface area (Å²) in [4.78, 5) is 22.1. The van der Waals surface area contributed by atoms with Gasteiger partial charge in [0.15, 0.2) is 0 Å². The van der Waals surface area contributed by atoms with Crippen molar-refractivity contribution in [1.29, 1.82) is 0 Å². The molecular weight excluding hydrogens is 458 g/mol. The number of ether oxygens (including phenoxy) is 2. The number of amides is 1. The zero-order chi connectivity index (χ0) is 24.7. The summed E-state index contributed by atoms with van der Waals surface area (Å²) in [6, 6.07) is 6.17. The first-order chi connectivity index (χ1) is 16.8. The predicted octanol–water partition coefficient (Wildman–Crippen LogP) is 3.37. The summed E-state index contributed by atoms with van der Waals surface area (Å²) >= 11 is 0. The fourth-order valence-corrected chi connectivity index (χ4v) is 4.36. The average molecular weight is 482 g/mol. The van der Waals surface area contributed by atoms with Gasteiger partial charge in [-0.05, 0) is 36.8 Å². The number of halogens is 2. The van der Waals surface area contributed by atoms with E-state index in [1.54, 1.807) is 9.30 Å². The van der Waals surface area contributed by atoms with Crippen molar-refractivity contribution in [3.63, 3.8) is 0 Å². The van der Waals surface area contributed by atoms with Crippen molar-refractivity contribution in [1.82, 2.24) is 23.8 Å². The molecule has 1 amide bonds. The van der Waals surface area contributed by atoms with E-state index in [1.165, 1.54) is 36.3 Å². The first-order valence-corrected chi connectivity index (χ1v) is 11.1. The molecule has 4 aromatic rings. The summed E-state index contributed by atoms with van der Waals surface area (Å²) in [5.74, 6) is -1.30. The highest BCUT2D eigenvalue weighted by atomic mass is 19.1. The average Bonchev–Trinajstić information content (AvgIpc) is 3.41. The Hall–Kier alpha value is -3.99. The number of carbonyl (C=O) groups excluding carboxylic acids is 1. The molecule has 11 heteroatoms. The van der Waals surface area contributed by atoms with Gasteiger partial charge in [-0.2, -0.15) is 0 Å². The molecule has 0 bridgehead atoms. The number of nitrogens with zero attached hydrogens (tertiary/aromatic N) is 5. The van der Waals surface area contributed by atoms with E-state index in [0.29, 0.717) is 24.5 Å². The molecule has 3 aromatic heterocycles. The van der Waals surface area contributed by atoms with Gasteiger partial charge in [0, 0.05) is 19.2 Å². The third kappa shape index (κ3) is 4.30. The molecule has 0 aliphatic carbocycles. The van der Waals surface area contributed by atoms with Gasteiger partial charge in [-0.15, -0.1) is 0 Å². The number of carbonyl (C=O) groups is 1. The molecule has 182 valence electrons. The summed E-state index contributed by atoms with van der Waals surface area (Å²) < 4.78 is 44.8. The number of nitrogens with two attached hydrogens (primary N) is 1. The molecule has 1 aromatic carbocycles. The lowest BCUT2D eigenvalue weighted by atomic mass is 10.0. The zero-order valence-electron chi connectivity index (χ0n) is 19.2. The summed E-state index contributed by atoms with van der Waals surface area (Å²) in [6.07, 6.45) is 4.11. The van der Waals surface area contributed by atoms with Crippen LogP contribution in [-0.2, 0) is 15.9 Å². The first-order valence-electron chi connectivity index (χ1n) is 11.1. The molecular formula is C24H24F2N6O3. The number of fused-ring (bicyclic) bond motifs is 1. The number of rotatable bonds is 4. The lowest BCUT2D eigenvalue weighted by molar-refractivity contribution is -0.0241. The Labute approximate surface area is 199 Å². The number of aryl methyl sites for hydroxylation is 1. The SMILES string of the molecule is COC(=O)N1CCO[C@@H](Cc2c(-c3c(F)cc(-n4cnc(N)c4)cc3F)nc3cc(C)ccn23)C1. The van der Waals surface area contributed by atoms with Crippen LogP contribution in [-0.4, -0.2) is 62.8 Å². The molecule has 1 atom stereocenters. The Bertz CT molecular complexity index is 1390. The maximum Gasteiger partial charge on any atom is 0.409 e. The molecule has 0 spiro atoms. The predicted molar refractivity (Wildman–Crippen MR) is 124 cm³/mol. The fourth-order valence-electron chi connectivity index (χ4n) is 4.36. The van der Waals surface area contributed by atoms with E-state index < -0.39 is 23.8 Å². The van der Waals surface area contributed by atoms with Crippen molar-refractivity contribution in [3.05, 3.63) is 65.9 Å². The smallest absolute Gasteiger partial charge is 0.409 e. The van der Waals surface area contributed by atoms with Crippen LogP contribution in [0, 0.1) is 18.6 Å². The van der Waals surface area contributed by atoms with Crippen LogP contribution in [0.25, 0.3) is 22.6 Å². The second-order valence-electron chi connectivity index (χ2n) is 8.44. The van der Waals surface area contributed by atoms with Gasteiger partial charge in [-0.1, -0.05) is 0 Å². The highest BCUT2D eigenvalue weighted by Gasteiger charge is 2.29. The third-order valence-corrected chi connectivity index (χ3v) is 6.04. The molecule has 2 N–H and O–H groups in total. The number of nitrogen functional groups attached to an aromatic ring is 1. The molecule has 4 heterocycles. The van der Waals surface area contributed by atoms with Crippen molar-refractivity contribution < 1.29 is 23.0 Å². The lowest BCUT2D eigenvalue weighted by Crippen LogP contribution is -2.46. The first kappa shape index (κ1) is 22.8. The second-order valence-corrected chi connectivity index (χ2v) is 8.44. The van der Waals surface area contributed by atoms with Gasteiger partial charge < -0.3 is 29.1 Å². The Balaban J connectivity index is 1.58. The molecule has 0 unspecified atom stereocenters. The van der Waals surface area contributed by atoms with Gasteiger partial charge >= 0.3 is 6.09 Å². The second kappa shape index (κ2) is 8.99. The van der Waals surface area contributed by atoms with Crippen LogP contribution >= 0.6 is 0 Å². The Morgan fingerprint density at radius 1 is 1.29 bits per heavy atom. The van der Waals surface area contributed by atoms with Crippen LogP contribution in [0.3, 0.4) is 0 Å². The van der Waals surface area contributed by atoms with E-state index >= 15 is 8.78 Å². The maximum atomic E-state index is 15.4. The molecule has 0 saturated carbocycles. The van der Waals surface area contributed by atoms with E-state index in [0.717, 1.165) is 5.56 Å². The number of benzene rings is 1. The minimum absolute atomic E-state index is 0.182. The summed E-state index contributed by atoms with van der Waals surface area (Å²) in [5.41, 5.74) is 7.92. The minimum Gasteiger partial charge on any atom is -0.453 e. The van der Waals surface area contributed by atoms with Gasteiger partial charge in [0.05, 0.1) is 55.2 Å². The Kier molecular flexibility index (Phi) is 5.85. The van der Waals surface area contributed by atoms with Gasteiger partial charge in [0.25, 0.3) is 0 Å². The molecule has 35 heavy (non-hydrogen) atoms. The monoisotopic (exact) mass is 482 g/mol. The third-order valence-electron chi connectivity index (χ3n) is 6.04. The van der Waals surface area contributed by atoms with Gasteiger partial charge in [0.1, 0.15) is 29.4 Å². The van der Waals surface area contributed by atoms with Crippen molar-refractivity contribution >= 4 is 17.6 Å². The molecule has 1 fully saturated rings. The molecule has 5 rings (SSSR count). The van der Waals surface area contributed by atoms with Crippen molar-refractivity contribution in [3.8, 4) is 16.9 Å². The zero-order valence-corrected chi connectivity index (χ0v) is 19.2. The Morgan fingerprint density at radius 2 is 2.06 bits per heavy atom. The molecule has 9 nitrogen and oxygen atoms in total. The van der Waals surface area contributed by atoms with E-state index in [-0.39, 0.29) is 35.7 Å². The van der Waals surface area contributed by atoms with E-state index in [4.69, 9.17) is 15.2 Å². The normalized spacial score (nSPS) is 16.1. The topological polar surface area (TPSA) is 99.9 Å². The molecule has 1 saturated heterocycles. The van der Waals surface area contributed by atoms with Gasteiger partial charge in [-0.3, -0.25) is 0 Å². The van der Waals surface area contributed by atoms with Gasteiger partial charge in [0.2, 0.25) is 0 Å². The Morgan fingerprint density at radius 3 is 2.74 bits per heavy atom. The van der Waals surface area contributed by atoms with Crippen LogP contribution in [0.1, 0.15) is 11.3 Å². The minimum atomic E-state index is -0.769. The van der Waals surface area contributed by atoms with Crippen molar-refractivity contribution in [2.45, 2.75) is 19.4 Å². The summed E-state index contributed by atoms with van der Waals surface area (Å²) in [5, 5.41) is 0. The summed E-state index contributed by atoms with van der Waals surface area (Å²) in [6.45, 7) is 2.94. The van der Waals surface area contributed by atoms with Crippen molar-refractivity contribution in [2.24, 2.45) is 0 Å². The number of aromatic nitrogens is 4. The van der Waals surface area contributed by atoms with E-state index in [9.17, 15) is 4.79 Å². The maximum absolute atomic E-state index is 15.4. The number of hydrogen-bond acceptors (Lipinski definition) is 6.